The van der Waals surface area contributed by atoms with Crippen LogP contribution in [0.3, 0.4) is 0 Å². The third-order valence-corrected chi connectivity index (χ3v) is 4.18. The van der Waals surface area contributed by atoms with Crippen LogP contribution < -0.4 is 10.6 Å². The molecule has 0 fully saturated rings. The van der Waals surface area contributed by atoms with Crippen LogP contribution in [-0.4, -0.2) is 23.0 Å². The van der Waals surface area contributed by atoms with Crippen molar-refractivity contribution in [2.75, 3.05) is 17.7 Å². The predicted molar refractivity (Wildman–Crippen MR) is 103 cm³/mol. The van der Waals surface area contributed by atoms with E-state index >= 15 is 0 Å². The van der Waals surface area contributed by atoms with Gasteiger partial charge in [-0.05, 0) is 42.5 Å². The average Bonchev–Trinajstić information content (AvgIpc) is 2.65. The molecule has 2 N–H and O–H groups in total. The fourth-order valence-electron chi connectivity index (χ4n) is 2.17. The number of rotatable bonds is 5. The molecule has 0 aliphatic heterocycles. The second-order valence-electron chi connectivity index (χ2n) is 5.24. The highest BCUT2D eigenvalue weighted by molar-refractivity contribution is 6.42. The molecule has 0 aliphatic rings. The Balaban J connectivity index is 1.72. The summed E-state index contributed by atoms with van der Waals surface area (Å²) in [6.07, 6.45) is 1.44. The Kier molecular flexibility index (Phi) is 5.55. The predicted octanol–water partition coefficient (Wildman–Crippen LogP) is 5.06. The van der Waals surface area contributed by atoms with E-state index in [-0.39, 0.29) is 5.97 Å². The van der Waals surface area contributed by atoms with Crippen molar-refractivity contribution in [3.05, 3.63) is 70.5 Å². The summed E-state index contributed by atoms with van der Waals surface area (Å²) >= 11 is 11.9. The van der Waals surface area contributed by atoms with E-state index in [0.29, 0.717) is 27.2 Å². The molecule has 0 unspecified atom stereocenters. The molecule has 0 radical (unpaired) electrons. The van der Waals surface area contributed by atoms with Gasteiger partial charge < -0.3 is 15.4 Å². The largest absolute Gasteiger partial charge is 0.465 e. The minimum absolute atomic E-state index is 0.383. The summed E-state index contributed by atoms with van der Waals surface area (Å²) in [5, 5.41) is 7.22. The van der Waals surface area contributed by atoms with E-state index in [1.165, 1.54) is 13.4 Å². The Morgan fingerprint density at radius 3 is 2.12 bits per heavy atom. The van der Waals surface area contributed by atoms with E-state index in [0.717, 1.165) is 11.4 Å². The van der Waals surface area contributed by atoms with Crippen molar-refractivity contribution in [3.8, 4) is 0 Å². The minimum Gasteiger partial charge on any atom is -0.465 e. The highest BCUT2D eigenvalue weighted by Crippen LogP contribution is 2.27. The number of benzene rings is 2. The second kappa shape index (κ2) is 8.03. The van der Waals surface area contributed by atoms with Crippen LogP contribution in [0.25, 0.3) is 0 Å². The third kappa shape index (κ3) is 4.41. The van der Waals surface area contributed by atoms with Crippen LogP contribution in [0.4, 0.5) is 23.0 Å². The van der Waals surface area contributed by atoms with E-state index in [2.05, 4.69) is 25.3 Å². The molecule has 3 rings (SSSR count). The molecule has 1 heterocycles. The van der Waals surface area contributed by atoms with Crippen molar-refractivity contribution in [2.24, 2.45) is 0 Å². The first-order valence-corrected chi connectivity index (χ1v) is 8.30. The molecule has 0 saturated heterocycles. The Bertz CT molecular complexity index is 933. The normalized spacial score (nSPS) is 10.3. The summed E-state index contributed by atoms with van der Waals surface area (Å²) in [5.41, 5.74) is 2.01. The van der Waals surface area contributed by atoms with Crippen molar-refractivity contribution < 1.29 is 9.53 Å². The molecule has 26 heavy (non-hydrogen) atoms. The Labute approximate surface area is 160 Å². The number of aromatic nitrogens is 2. The maximum Gasteiger partial charge on any atom is 0.337 e. The van der Waals surface area contributed by atoms with Gasteiger partial charge in [-0.1, -0.05) is 23.2 Å². The van der Waals surface area contributed by atoms with E-state index in [9.17, 15) is 4.79 Å². The smallest absolute Gasteiger partial charge is 0.337 e. The van der Waals surface area contributed by atoms with Gasteiger partial charge in [0.2, 0.25) is 0 Å². The molecule has 0 aliphatic carbocycles. The lowest BCUT2D eigenvalue weighted by atomic mass is 10.2. The zero-order valence-corrected chi connectivity index (χ0v) is 15.2. The van der Waals surface area contributed by atoms with Crippen molar-refractivity contribution in [3.63, 3.8) is 0 Å². The summed E-state index contributed by atoms with van der Waals surface area (Å²) in [6.45, 7) is 0. The average molecular weight is 389 g/mol. The van der Waals surface area contributed by atoms with Crippen LogP contribution in [-0.2, 0) is 4.74 Å². The van der Waals surface area contributed by atoms with E-state index in [1.807, 2.05) is 0 Å². The van der Waals surface area contributed by atoms with E-state index in [1.54, 1.807) is 48.5 Å². The van der Waals surface area contributed by atoms with Crippen molar-refractivity contribution in [1.82, 2.24) is 9.97 Å². The molecule has 8 heteroatoms. The van der Waals surface area contributed by atoms with Gasteiger partial charge in [-0.3, -0.25) is 0 Å². The number of hydrogen-bond donors (Lipinski definition) is 2. The topological polar surface area (TPSA) is 76.1 Å². The summed E-state index contributed by atoms with van der Waals surface area (Å²) in [5.74, 6) is 0.798. The van der Waals surface area contributed by atoms with E-state index < -0.39 is 0 Å². The van der Waals surface area contributed by atoms with Gasteiger partial charge in [-0.2, -0.15) is 0 Å². The number of anilines is 4. The molecule has 6 nitrogen and oxygen atoms in total. The molecular formula is C18H14Cl2N4O2. The van der Waals surface area contributed by atoms with Crippen molar-refractivity contribution in [1.29, 1.82) is 0 Å². The summed E-state index contributed by atoms with van der Waals surface area (Å²) < 4.78 is 4.68. The molecule has 0 amide bonds. The van der Waals surface area contributed by atoms with Crippen LogP contribution in [0.1, 0.15) is 10.4 Å². The Morgan fingerprint density at radius 1 is 0.885 bits per heavy atom. The highest BCUT2D eigenvalue weighted by atomic mass is 35.5. The maximum absolute atomic E-state index is 11.5. The lowest BCUT2D eigenvalue weighted by Gasteiger charge is -2.09. The molecule has 132 valence electrons. The highest BCUT2D eigenvalue weighted by Gasteiger charge is 2.06. The third-order valence-electron chi connectivity index (χ3n) is 3.44. The van der Waals surface area contributed by atoms with Crippen LogP contribution in [0.5, 0.6) is 0 Å². The first kappa shape index (κ1) is 18.0. The molecule has 0 saturated carbocycles. The summed E-state index contributed by atoms with van der Waals surface area (Å²) in [4.78, 5) is 19.8. The van der Waals surface area contributed by atoms with Crippen molar-refractivity contribution in [2.45, 2.75) is 0 Å². The van der Waals surface area contributed by atoms with Gasteiger partial charge in [0.25, 0.3) is 0 Å². The SMILES string of the molecule is COC(=O)c1ccc(Nc2cc(Nc3ccc(Cl)c(Cl)c3)ncn2)cc1. The van der Waals surface area contributed by atoms with E-state index in [4.69, 9.17) is 23.2 Å². The Hall–Kier alpha value is -2.83. The number of esters is 1. The van der Waals surface area contributed by atoms with Gasteiger partial charge in [0, 0.05) is 17.4 Å². The monoisotopic (exact) mass is 388 g/mol. The molecule has 0 atom stereocenters. The van der Waals surface area contributed by atoms with Crippen LogP contribution in [0.2, 0.25) is 10.0 Å². The second-order valence-corrected chi connectivity index (χ2v) is 6.05. The van der Waals surface area contributed by atoms with Crippen LogP contribution >= 0.6 is 23.2 Å². The summed E-state index contributed by atoms with van der Waals surface area (Å²) in [7, 11) is 1.35. The van der Waals surface area contributed by atoms with Gasteiger partial charge in [-0.15, -0.1) is 0 Å². The lowest BCUT2D eigenvalue weighted by Crippen LogP contribution is -2.01. The first-order valence-electron chi connectivity index (χ1n) is 7.54. The zero-order chi connectivity index (χ0) is 18.5. The van der Waals surface area contributed by atoms with Gasteiger partial charge in [0.05, 0.1) is 22.7 Å². The quantitative estimate of drug-likeness (QED) is 0.595. The fraction of sp³-hybridized carbons (Fsp3) is 0.0556. The lowest BCUT2D eigenvalue weighted by molar-refractivity contribution is 0.0601. The fourth-order valence-corrected chi connectivity index (χ4v) is 2.47. The number of nitrogens with one attached hydrogen (secondary N) is 2. The Morgan fingerprint density at radius 2 is 1.50 bits per heavy atom. The number of nitrogens with zero attached hydrogens (tertiary/aromatic N) is 2. The maximum atomic E-state index is 11.5. The van der Waals surface area contributed by atoms with Crippen LogP contribution in [0, 0.1) is 0 Å². The number of halogens is 2. The number of hydrogen-bond acceptors (Lipinski definition) is 6. The zero-order valence-electron chi connectivity index (χ0n) is 13.7. The number of carbonyl (C=O) groups excluding carboxylic acids is 1. The molecule has 0 spiro atoms. The molecule has 0 bridgehead atoms. The number of ether oxygens (including phenoxy) is 1. The molecule has 1 aromatic heterocycles. The summed E-state index contributed by atoms with van der Waals surface area (Å²) in [6, 6.07) is 13.8. The standard InChI is InChI=1S/C18H14Cl2N4O2/c1-26-18(25)11-2-4-12(5-3-11)23-16-9-17(22-10-21-16)24-13-6-7-14(19)15(20)8-13/h2-10H,1H3,(H2,21,22,23,24). The minimum atomic E-state index is -0.383. The van der Waals surface area contributed by atoms with Crippen LogP contribution in [0.15, 0.2) is 54.9 Å². The van der Waals surface area contributed by atoms with Gasteiger partial charge in [0.15, 0.2) is 0 Å². The van der Waals surface area contributed by atoms with Gasteiger partial charge in [0.1, 0.15) is 18.0 Å². The molecule has 2 aromatic carbocycles. The van der Waals surface area contributed by atoms with Gasteiger partial charge >= 0.3 is 5.97 Å². The number of methoxy groups -OCH3 is 1. The molecule has 3 aromatic rings. The van der Waals surface area contributed by atoms with Crippen molar-refractivity contribution >= 4 is 52.2 Å². The number of carbonyl (C=O) groups is 1. The van der Waals surface area contributed by atoms with Gasteiger partial charge in [-0.25, -0.2) is 14.8 Å². The first-order chi connectivity index (χ1) is 12.5. The molecular weight excluding hydrogens is 375 g/mol.